The first kappa shape index (κ1) is 12.4. The highest BCUT2D eigenvalue weighted by Crippen LogP contribution is 2.31. The standard InChI is InChI=1S/C12H9BrClNO2/c13-8-4-5-10(14)11(6-8)17-12-3-1-2-9(7-16)15-12/h1-6,16H,7H2. The Labute approximate surface area is 112 Å². The van der Waals surface area contributed by atoms with E-state index in [4.69, 9.17) is 21.4 Å². The molecule has 0 spiro atoms. The summed E-state index contributed by atoms with van der Waals surface area (Å²) in [6.45, 7) is -0.122. The molecule has 0 saturated carbocycles. The summed E-state index contributed by atoms with van der Waals surface area (Å²) in [5.74, 6) is 0.917. The molecule has 0 bridgehead atoms. The van der Waals surface area contributed by atoms with Crippen molar-refractivity contribution in [3.05, 3.63) is 51.6 Å². The van der Waals surface area contributed by atoms with E-state index in [9.17, 15) is 0 Å². The molecule has 0 aliphatic carbocycles. The molecule has 0 atom stereocenters. The number of hydrogen-bond acceptors (Lipinski definition) is 3. The third-order valence-electron chi connectivity index (χ3n) is 2.05. The lowest BCUT2D eigenvalue weighted by atomic mass is 10.3. The summed E-state index contributed by atoms with van der Waals surface area (Å²) >= 11 is 9.34. The van der Waals surface area contributed by atoms with E-state index in [0.29, 0.717) is 22.3 Å². The van der Waals surface area contributed by atoms with Crippen molar-refractivity contribution < 1.29 is 9.84 Å². The highest BCUT2D eigenvalue weighted by Gasteiger charge is 2.05. The first-order chi connectivity index (χ1) is 8.19. The van der Waals surface area contributed by atoms with Crippen molar-refractivity contribution in [1.29, 1.82) is 0 Å². The van der Waals surface area contributed by atoms with Crippen LogP contribution < -0.4 is 4.74 Å². The van der Waals surface area contributed by atoms with Gasteiger partial charge in [0.25, 0.3) is 0 Å². The van der Waals surface area contributed by atoms with Gasteiger partial charge in [-0.15, -0.1) is 0 Å². The predicted octanol–water partition coefficient (Wildman–Crippen LogP) is 3.78. The van der Waals surface area contributed by atoms with Crippen LogP contribution in [0.3, 0.4) is 0 Å². The summed E-state index contributed by atoms with van der Waals surface area (Å²) in [6, 6.07) is 10.5. The molecule has 0 fully saturated rings. The maximum atomic E-state index is 8.98. The molecule has 1 aromatic heterocycles. The summed E-state index contributed by atoms with van der Waals surface area (Å²) in [4.78, 5) is 4.11. The van der Waals surface area contributed by atoms with Crippen molar-refractivity contribution in [2.45, 2.75) is 6.61 Å². The molecule has 0 unspecified atom stereocenters. The van der Waals surface area contributed by atoms with Crippen molar-refractivity contribution >= 4 is 27.5 Å². The number of aliphatic hydroxyl groups excluding tert-OH is 1. The summed E-state index contributed by atoms with van der Waals surface area (Å²) in [5, 5.41) is 9.48. The zero-order valence-corrected chi connectivity index (χ0v) is 11.1. The fraction of sp³-hybridized carbons (Fsp3) is 0.0833. The lowest BCUT2D eigenvalue weighted by Crippen LogP contribution is -1.93. The lowest BCUT2D eigenvalue weighted by Gasteiger charge is -2.07. The third-order valence-corrected chi connectivity index (χ3v) is 2.86. The molecule has 2 aromatic rings. The first-order valence-electron chi connectivity index (χ1n) is 4.89. The Morgan fingerprint density at radius 2 is 2.12 bits per heavy atom. The molecule has 2 rings (SSSR count). The van der Waals surface area contributed by atoms with Gasteiger partial charge in [-0.05, 0) is 24.3 Å². The zero-order chi connectivity index (χ0) is 12.3. The van der Waals surface area contributed by atoms with Crippen LogP contribution in [0.1, 0.15) is 5.69 Å². The Bertz CT molecular complexity index is 534. The SMILES string of the molecule is OCc1cccc(Oc2cc(Br)ccc2Cl)n1. The minimum atomic E-state index is -0.122. The van der Waals surface area contributed by atoms with Crippen LogP contribution in [0.25, 0.3) is 0 Å². The summed E-state index contributed by atoms with van der Waals surface area (Å²) < 4.78 is 6.42. The van der Waals surface area contributed by atoms with Gasteiger partial charge < -0.3 is 9.84 Å². The second-order valence-corrected chi connectivity index (χ2v) is 4.62. The topological polar surface area (TPSA) is 42.4 Å². The Hall–Kier alpha value is -1.10. The van der Waals surface area contributed by atoms with Gasteiger partial charge in [0.15, 0.2) is 0 Å². The monoisotopic (exact) mass is 313 g/mol. The second kappa shape index (κ2) is 5.49. The van der Waals surface area contributed by atoms with Crippen LogP contribution in [0.4, 0.5) is 0 Å². The van der Waals surface area contributed by atoms with Gasteiger partial charge in [0, 0.05) is 10.5 Å². The van der Waals surface area contributed by atoms with Crippen molar-refractivity contribution in [3.63, 3.8) is 0 Å². The van der Waals surface area contributed by atoms with Gasteiger partial charge in [0.05, 0.1) is 17.3 Å². The maximum Gasteiger partial charge on any atom is 0.219 e. The van der Waals surface area contributed by atoms with Gasteiger partial charge >= 0.3 is 0 Å². The maximum absolute atomic E-state index is 8.98. The minimum Gasteiger partial charge on any atom is -0.437 e. The van der Waals surface area contributed by atoms with E-state index in [0.717, 1.165) is 4.47 Å². The van der Waals surface area contributed by atoms with Crippen molar-refractivity contribution in [2.24, 2.45) is 0 Å². The van der Waals surface area contributed by atoms with Crippen LogP contribution in [0, 0.1) is 0 Å². The smallest absolute Gasteiger partial charge is 0.219 e. The van der Waals surface area contributed by atoms with E-state index in [1.807, 2.05) is 6.07 Å². The summed E-state index contributed by atoms with van der Waals surface area (Å²) in [6.07, 6.45) is 0. The number of nitrogens with zero attached hydrogens (tertiary/aromatic N) is 1. The molecule has 3 nitrogen and oxygen atoms in total. The van der Waals surface area contributed by atoms with E-state index >= 15 is 0 Å². The fourth-order valence-electron chi connectivity index (χ4n) is 1.27. The molecular weight excluding hydrogens is 305 g/mol. The summed E-state index contributed by atoms with van der Waals surface area (Å²) in [7, 11) is 0. The molecular formula is C12H9BrClNO2. The van der Waals surface area contributed by atoms with Crippen LogP contribution in [0.15, 0.2) is 40.9 Å². The lowest BCUT2D eigenvalue weighted by molar-refractivity contribution is 0.275. The van der Waals surface area contributed by atoms with Gasteiger partial charge in [-0.1, -0.05) is 33.6 Å². The molecule has 5 heteroatoms. The summed E-state index contributed by atoms with van der Waals surface area (Å²) in [5.41, 5.74) is 0.550. The third kappa shape index (κ3) is 3.19. The van der Waals surface area contributed by atoms with E-state index in [1.165, 1.54) is 0 Å². The van der Waals surface area contributed by atoms with E-state index < -0.39 is 0 Å². The zero-order valence-electron chi connectivity index (χ0n) is 8.73. The van der Waals surface area contributed by atoms with E-state index in [2.05, 4.69) is 20.9 Å². The fourth-order valence-corrected chi connectivity index (χ4v) is 1.77. The number of hydrogen-bond donors (Lipinski definition) is 1. The van der Waals surface area contributed by atoms with Gasteiger partial charge in [0.1, 0.15) is 5.75 Å². The van der Waals surface area contributed by atoms with Gasteiger partial charge in [0.2, 0.25) is 5.88 Å². The molecule has 1 aromatic carbocycles. The van der Waals surface area contributed by atoms with E-state index in [-0.39, 0.29) is 6.61 Å². The van der Waals surface area contributed by atoms with Crippen LogP contribution in [-0.2, 0) is 6.61 Å². The van der Waals surface area contributed by atoms with Crippen LogP contribution in [0.5, 0.6) is 11.6 Å². The highest BCUT2D eigenvalue weighted by molar-refractivity contribution is 9.10. The normalized spacial score (nSPS) is 10.3. The Kier molecular flexibility index (Phi) is 3.99. The number of rotatable bonds is 3. The number of aliphatic hydroxyl groups is 1. The number of pyridine rings is 1. The Morgan fingerprint density at radius 1 is 1.29 bits per heavy atom. The number of halogens is 2. The Morgan fingerprint density at radius 3 is 2.88 bits per heavy atom. The molecule has 0 radical (unpaired) electrons. The molecule has 1 N–H and O–H groups in total. The van der Waals surface area contributed by atoms with Gasteiger partial charge in [-0.3, -0.25) is 0 Å². The van der Waals surface area contributed by atoms with Crippen LogP contribution >= 0.6 is 27.5 Å². The quantitative estimate of drug-likeness (QED) is 0.937. The Balaban J connectivity index is 2.27. The molecule has 1 heterocycles. The number of benzene rings is 1. The first-order valence-corrected chi connectivity index (χ1v) is 6.06. The second-order valence-electron chi connectivity index (χ2n) is 3.30. The molecule has 17 heavy (non-hydrogen) atoms. The van der Waals surface area contributed by atoms with Gasteiger partial charge in [-0.25, -0.2) is 4.98 Å². The largest absolute Gasteiger partial charge is 0.437 e. The molecule has 0 saturated heterocycles. The predicted molar refractivity (Wildman–Crippen MR) is 69.4 cm³/mol. The van der Waals surface area contributed by atoms with Crippen molar-refractivity contribution in [1.82, 2.24) is 4.98 Å². The van der Waals surface area contributed by atoms with Gasteiger partial charge in [-0.2, -0.15) is 0 Å². The molecule has 0 amide bonds. The minimum absolute atomic E-state index is 0.122. The highest BCUT2D eigenvalue weighted by atomic mass is 79.9. The number of ether oxygens (including phenoxy) is 1. The molecule has 88 valence electrons. The van der Waals surface area contributed by atoms with E-state index in [1.54, 1.807) is 30.3 Å². The van der Waals surface area contributed by atoms with Crippen LogP contribution in [0.2, 0.25) is 5.02 Å². The van der Waals surface area contributed by atoms with Crippen molar-refractivity contribution in [2.75, 3.05) is 0 Å². The average molecular weight is 315 g/mol. The molecule has 0 aliphatic heterocycles. The van der Waals surface area contributed by atoms with Crippen LogP contribution in [-0.4, -0.2) is 10.1 Å². The average Bonchev–Trinajstić information content (AvgIpc) is 2.34. The van der Waals surface area contributed by atoms with Crippen molar-refractivity contribution in [3.8, 4) is 11.6 Å². The number of aromatic nitrogens is 1. The molecule has 0 aliphatic rings.